The molecule has 0 spiro atoms. The van der Waals surface area contributed by atoms with E-state index in [-0.39, 0.29) is 12.1 Å². The number of methoxy groups -OCH3 is 1. The van der Waals surface area contributed by atoms with E-state index in [0.717, 1.165) is 12.2 Å². The van der Waals surface area contributed by atoms with Crippen LogP contribution in [0.25, 0.3) is 0 Å². The van der Waals surface area contributed by atoms with Crippen LogP contribution in [0.1, 0.15) is 37.8 Å². The zero-order valence-corrected chi connectivity index (χ0v) is 11.6. The summed E-state index contributed by atoms with van der Waals surface area (Å²) in [6.07, 6.45) is 3.55. The van der Waals surface area contributed by atoms with Crippen LogP contribution in [0.3, 0.4) is 0 Å². The Morgan fingerprint density at radius 2 is 2.06 bits per heavy atom. The van der Waals surface area contributed by atoms with Gasteiger partial charge in [-0.1, -0.05) is 25.1 Å². The van der Waals surface area contributed by atoms with Gasteiger partial charge in [-0.15, -0.1) is 0 Å². The van der Waals surface area contributed by atoms with Crippen LogP contribution in [-0.2, 0) is 0 Å². The normalized spacial score (nSPS) is 18.7. The van der Waals surface area contributed by atoms with Gasteiger partial charge in [0.1, 0.15) is 5.75 Å². The van der Waals surface area contributed by atoms with E-state index in [1.165, 1.54) is 18.4 Å². The molecule has 3 nitrogen and oxygen atoms in total. The first-order valence-electron chi connectivity index (χ1n) is 6.79. The topological polar surface area (TPSA) is 38.5 Å². The van der Waals surface area contributed by atoms with Gasteiger partial charge in [0.25, 0.3) is 0 Å². The van der Waals surface area contributed by atoms with Crippen LogP contribution < -0.4 is 10.5 Å². The van der Waals surface area contributed by atoms with E-state index < -0.39 is 0 Å². The maximum atomic E-state index is 6.34. The lowest BCUT2D eigenvalue weighted by molar-refractivity contribution is 0.196. The Kier molecular flexibility index (Phi) is 4.25. The highest BCUT2D eigenvalue weighted by molar-refractivity contribution is 5.37. The van der Waals surface area contributed by atoms with Crippen molar-refractivity contribution >= 4 is 0 Å². The summed E-state index contributed by atoms with van der Waals surface area (Å²) in [6.45, 7) is 2.15. The van der Waals surface area contributed by atoms with E-state index in [4.69, 9.17) is 10.5 Å². The Bertz CT molecular complexity index is 390. The average Bonchev–Trinajstić information content (AvgIpc) is 3.23. The molecule has 0 saturated heterocycles. The lowest BCUT2D eigenvalue weighted by Gasteiger charge is -2.33. The number of hydrogen-bond acceptors (Lipinski definition) is 3. The zero-order valence-electron chi connectivity index (χ0n) is 11.6. The molecule has 0 heterocycles. The van der Waals surface area contributed by atoms with Gasteiger partial charge in [0.15, 0.2) is 0 Å². The molecule has 1 saturated carbocycles. The number of likely N-dealkylation sites (N-methyl/N-ethyl adjacent to an activating group) is 1. The maximum absolute atomic E-state index is 6.34. The molecule has 2 unspecified atom stereocenters. The van der Waals surface area contributed by atoms with Gasteiger partial charge >= 0.3 is 0 Å². The molecule has 0 bridgehead atoms. The van der Waals surface area contributed by atoms with Crippen molar-refractivity contribution in [3.8, 4) is 5.75 Å². The molecular formula is C15H24N2O. The minimum atomic E-state index is 0.145. The van der Waals surface area contributed by atoms with Crippen molar-refractivity contribution in [1.82, 2.24) is 4.90 Å². The fourth-order valence-electron chi connectivity index (χ4n) is 2.60. The molecule has 0 radical (unpaired) electrons. The van der Waals surface area contributed by atoms with Crippen molar-refractivity contribution in [3.63, 3.8) is 0 Å². The van der Waals surface area contributed by atoms with Gasteiger partial charge in [0, 0.05) is 17.6 Å². The summed E-state index contributed by atoms with van der Waals surface area (Å²) < 4.78 is 5.49. The Morgan fingerprint density at radius 3 is 2.61 bits per heavy atom. The number of benzene rings is 1. The van der Waals surface area contributed by atoms with Crippen LogP contribution in [0.2, 0.25) is 0 Å². The second-order valence-corrected chi connectivity index (χ2v) is 5.16. The Balaban J connectivity index is 2.32. The second kappa shape index (κ2) is 5.72. The van der Waals surface area contributed by atoms with E-state index >= 15 is 0 Å². The number of rotatable bonds is 6. The maximum Gasteiger partial charge on any atom is 0.123 e. The molecule has 3 heteroatoms. The van der Waals surface area contributed by atoms with Crippen LogP contribution in [0.4, 0.5) is 0 Å². The summed E-state index contributed by atoms with van der Waals surface area (Å²) >= 11 is 0. The third kappa shape index (κ3) is 2.68. The van der Waals surface area contributed by atoms with E-state index in [2.05, 4.69) is 31.0 Å². The highest BCUT2D eigenvalue weighted by Gasteiger charge is 2.35. The zero-order chi connectivity index (χ0) is 13.1. The highest BCUT2D eigenvalue weighted by Crippen LogP contribution is 2.37. The predicted molar refractivity (Wildman–Crippen MR) is 74.8 cm³/mol. The number of nitrogens with zero attached hydrogens (tertiary/aromatic N) is 1. The lowest BCUT2D eigenvalue weighted by atomic mass is 9.95. The fraction of sp³-hybridized carbons (Fsp3) is 0.600. The van der Waals surface area contributed by atoms with Gasteiger partial charge in [0.2, 0.25) is 0 Å². The van der Waals surface area contributed by atoms with E-state index in [1.807, 2.05) is 12.1 Å². The van der Waals surface area contributed by atoms with Crippen LogP contribution >= 0.6 is 0 Å². The predicted octanol–water partition coefficient (Wildman–Crippen LogP) is 2.57. The fourth-order valence-corrected chi connectivity index (χ4v) is 2.60. The van der Waals surface area contributed by atoms with Crippen LogP contribution in [-0.4, -0.2) is 31.1 Å². The summed E-state index contributed by atoms with van der Waals surface area (Å²) in [4.78, 5) is 2.42. The summed E-state index contributed by atoms with van der Waals surface area (Å²) in [5.74, 6) is 0.943. The third-order valence-corrected chi connectivity index (χ3v) is 3.90. The first-order chi connectivity index (χ1) is 8.69. The standard InChI is InChI=1S/C15H24N2O/c1-4-13(16)15(17(2)11-9-10-11)12-7-5-6-8-14(12)18-3/h5-8,11,13,15H,4,9-10,16H2,1-3H3. The summed E-state index contributed by atoms with van der Waals surface area (Å²) in [5, 5.41) is 0. The molecule has 1 aromatic rings. The molecule has 1 aliphatic carbocycles. The highest BCUT2D eigenvalue weighted by atomic mass is 16.5. The van der Waals surface area contributed by atoms with Gasteiger partial charge in [-0.3, -0.25) is 4.90 Å². The average molecular weight is 248 g/mol. The Hall–Kier alpha value is -1.06. The van der Waals surface area contributed by atoms with Gasteiger partial charge in [-0.25, -0.2) is 0 Å². The third-order valence-electron chi connectivity index (χ3n) is 3.90. The minimum Gasteiger partial charge on any atom is -0.496 e. The van der Waals surface area contributed by atoms with Crippen LogP contribution in [0.5, 0.6) is 5.75 Å². The van der Waals surface area contributed by atoms with Crippen molar-refractivity contribution in [2.24, 2.45) is 5.73 Å². The number of para-hydroxylation sites is 1. The first-order valence-corrected chi connectivity index (χ1v) is 6.79. The van der Waals surface area contributed by atoms with Gasteiger partial charge < -0.3 is 10.5 Å². The molecule has 100 valence electrons. The summed E-state index contributed by atoms with van der Waals surface area (Å²) in [5.41, 5.74) is 7.55. The van der Waals surface area contributed by atoms with Crippen molar-refractivity contribution in [2.75, 3.05) is 14.2 Å². The molecular weight excluding hydrogens is 224 g/mol. The Labute approximate surface area is 110 Å². The first kappa shape index (κ1) is 13.4. The summed E-state index contributed by atoms with van der Waals surface area (Å²) in [6, 6.07) is 9.31. The van der Waals surface area contributed by atoms with Crippen molar-refractivity contribution in [2.45, 2.75) is 44.3 Å². The molecule has 2 atom stereocenters. The summed E-state index contributed by atoms with van der Waals surface area (Å²) in [7, 11) is 3.91. The SMILES string of the molecule is CCC(N)C(c1ccccc1OC)N(C)C1CC1. The van der Waals surface area contributed by atoms with Gasteiger partial charge in [-0.05, 0) is 32.4 Å². The second-order valence-electron chi connectivity index (χ2n) is 5.16. The van der Waals surface area contributed by atoms with Gasteiger partial charge in [-0.2, -0.15) is 0 Å². The molecule has 0 amide bonds. The van der Waals surface area contributed by atoms with Crippen molar-refractivity contribution in [1.29, 1.82) is 0 Å². The number of nitrogens with two attached hydrogens (primary N) is 1. The van der Waals surface area contributed by atoms with Crippen LogP contribution in [0.15, 0.2) is 24.3 Å². The molecule has 0 aromatic heterocycles. The minimum absolute atomic E-state index is 0.145. The molecule has 2 N–H and O–H groups in total. The van der Waals surface area contributed by atoms with Gasteiger partial charge in [0.05, 0.1) is 13.2 Å². The van der Waals surface area contributed by atoms with Crippen LogP contribution in [0, 0.1) is 0 Å². The van der Waals surface area contributed by atoms with Crippen molar-refractivity contribution < 1.29 is 4.74 Å². The number of hydrogen-bond donors (Lipinski definition) is 1. The Morgan fingerprint density at radius 1 is 1.39 bits per heavy atom. The smallest absolute Gasteiger partial charge is 0.123 e. The monoisotopic (exact) mass is 248 g/mol. The molecule has 1 aromatic carbocycles. The molecule has 1 aliphatic rings. The molecule has 0 aliphatic heterocycles. The molecule has 2 rings (SSSR count). The molecule has 18 heavy (non-hydrogen) atoms. The van der Waals surface area contributed by atoms with E-state index in [9.17, 15) is 0 Å². The quantitative estimate of drug-likeness (QED) is 0.841. The largest absolute Gasteiger partial charge is 0.496 e. The number of ether oxygens (including phenoxy) is 1. The lowest BCUT2D eigenvalue weighted by Crippen LogP contribution is -2.40. The molecule has 1 fully saturated rings. The van der Waals surface area contributed by atoms with E-state index in [0.29, 0.717) is 6.04 Å². The van der Waals surface area contributed by atoms with Crippen molar-refractivity contribution in [3.05, 3.63) is 29.8 Å². The van der Waals surface area contributed by atoms with E-state index in [1.54, 1.807) is 7.11 Å².